The number of allylic oxidation sites excluding steroid dienone is 1. The number of hydrogen-bond donors (Lipinski definition) is 2. The molecule has 0 radical (unpaired) electrons. The fourth-order valence-electron chi connectivity index (χ4n) is 2.28. The molecule has 4 rings (SSSR count). The molecule has 108 valence electrons. The minimum absolute atomic E-state index is 0.00546. The van der Waals surface area contributed by atoms with Gasteiger partial charge in [-0.3, -0.25) is 9.59 Å². The number of nitrogens with zero attached hydrogens (tertiary/aromatic N) is 3. The molecule has 3 heterocycles. The van der Waals surface area contributed by atoms with Crippen LogP contribution in [0.15, 0.2) is 23.2 Å². The summed E-state index contributed by atoms with van der Waals surface area (Å²) in [6, 6.07) is 0. The highest BCUT2D eigenvalue weighted by molar-refractivity contribution is 6.22. The first kappa shape index (κ1) is 13.1. The molecule has 7 heteroatoms. The van der Waals surface area contributed by atoms with Gasteiger partial charge in [0.15, 0.2) is 0 Å². The summed E-state index contributed by atoms with van der Waals surface area (Å²) in [4.78, 5) is 30.5. The molecule has 0 aromatic rings. The van der Waals surface area contributed by atoms with E-state index >= 15 is 0 Å². The third-order valence-electron chi connectivity index (χ3n) is 3.49. The van der Waals surface area contributed by atoms with Crippen molar-refractivity contribution in [3.05, 3.63) is 23.2 Å². The molecule has 2 N–H and O–H groups in total. The molecule has 3 fully saturated rings. The summed E-state index contributed by atoms with van der Waals surface area (Å²) in [5, 5.41) is 7.32. The molecule has 20 heavy (non-hydrogen) atoms. The number of nitrogens with one attached hydrogen (secondary N) is 1. The highest BCUT2D eigenvalue weighted by Crippen LogP contribution is 2.33. The Hall–Kier alpha value is -1.86. The van der Waals surface area contributed by atoms with E-state index in [1.54, 1.807) is 5.48 Å². The Morgan fingerprint density at radius 3 is 1.85 bits per heavy atom. The second-order valence-corrected chi connectivity index (χ2v) is 5.10. The van der Waals surface area contributed by atoms with Crippen LogP contribution in [0.5, 0.6) is 0 Å². The van der Waals surface area contributed by atoms with Crippen molar-refractivity contribution in [2.24, 2.45) is 0 Å². The van der Waals surface area contributed by atoms with Gasteiger partial charge in [0.1, 0.15) is 11.4 Å². The van der Waals surface area contributed by atoms with Crippen molar-refractivity contribution >= 4 is 11.6 Å². The predicted octanol–water partition coefficient (Wildman–Crippen LogP) is -1.22. The molecule has 4 aliphatic rings. The third-order valence-corrected chi connectivity index (χ3v) is 3.49. The fourth-order valence-corrected chi connectivity index (χ4v) is 2.28. The van der Waals surface area contributed by atoms with Crippen LogP contribution in [0, 0.1) is 0 Å². The van der Waals surface area contributed by atoms with Gasteiger partial charge in [0.05, 0.1) is 5.70 Å². The van der Waals surface area contributed by atoms with Gasteiger partial charge < -0.3 is 19.9 Å². The van der Waals surface area contributed by atoms with E-state index in [2.05, 4.69) is 0 Å². The van der Waals surface area contributed by atoms with Gasteiger partial charge in [-0.2, -0.15) is 0 Å². The molecule has 7 nitrogen and oxygen atoms in total. The lowest BCUT2D eigenvalue weighted by molar-refractivity contribution is -0.117. The number of hydroxylamine groups is 1. The second kappa shape index (κ2) is 4.92. The summed E-state index contributed by atoms with van der Waals surface area (Å²) in [5.74, 6) is 0.0485. The van der Waals surface area contributed by atoms with Crippen LogP contribution in [0.25, 0.3) is 0 Å². The lowest BCUT2D eigenvalue weighted by atomic mass is 10.0. The molecule has 0 amide bonds. The standard InChI is InChI=1S/C12H13N3O2.CH5NO/c16-9-7-8(13-1-2-13)12(17)11(15-5-6-15)10(9)14-3-4-14;1-2-3/h7H,1-6H2;2-3H,1H3. The molecule has 0 unspecified atom stereocenters. The Morgan fingerprint density at radius 1 is 0.950 bits per heavy atom. The van der Waals surface area contributed by atoms with Gasteiger partial charge >= 0.3 is 0 Å². The average Bonchev–Trinajstić information content (AvgIpc) is 3.28. The van der Waals surface area contributed by atoms with Gasteiger partial charge in [0, 0.05) is 52.4 Å². The van der Waals surface area contributed by atoms with Crippen LogP contribution in [0.4, 0.5) is 0 Å². The normalized spacial score (nSPS) is 23.5. The average molecular weight is 278 g/mol. The quantitative estimate of drug-likeness (QED) is 0.380. The number of rotatable bonds is 3. The van der Waals surface area contributed by atoms with E-state index < -0.39 is 0 Å². The number of carbonyl (C=O) groups excluding carboxylic acids is 2. The van der Waals surface area contributed by atoms with E-state index in [0.29, 0.717) is 17.1 Å². The van der Waals surface area contributed by atoms with Crippen molar-refractivity contribution in [1.82, 2.24) is 20.2 Å². The van der Waals surface area contributed by atoms with Gasteiger partial charge in [-0.25, -0.2) is 5.48 Å². The number of hydrogen-bond acceptors (Lipinski definition) is 7. The van der Waals surface area contributed by atoms with Crippen molar-refractivity contribution in [2.75, 3.05) is 46.3 Å². The van der Waals surface area contributed by atoms with Gasteiger partial charge in [0.25, 0.3) is 0 Å². The first-order valence-electron chi connectivity index (χ1n) is 6.78. The Bertz CT molecular complexity index is 514. The largest absolute Gasteiger partial charge is 0.365 e. The number of carbonyl (C=O) groups is 2. The lowest BCUT2D eigenvalue weighted by Crippen LogP contribution is -2.29. The third kappa shape index (κ3) is 2.41. The van der Waals surface area contributed by atoms with Gasteiger partial charge in [-0.05, 0) is 0 Å². The maximum absolute atomic E-state index is 12.4. The van der Waals surface area contributed by atoms with E-state index in [-0.39, 0.29) is 11.6 Å². The fraction of sp³-hybridized carbons (Fsp3) is 0.538. The molecule has 0 aromatic carbocycles. The maximum Gasteiger partial charge on any atom is 0.227 e. The Morgan fingerprint density at radius 2 is 1.40 bits per heavy atom. The minimum Gasteiger partial charge on any atom is -0.365 e. The summed E-state index contributed by atoms with van der Waals surface area (Å²) in [6.45, 7) is 5.41. The van der Waals surface area contributed by atoms with Crippen LogP contribution < -0.4 is 5.48 Å². The zero-order valence-corrected chi connectivity index (χ0v) is 11.4. The van der Waals surface area contributed by atoms with Crippen LogP contribution in [-0.2, 0) is 9.59 Å². The van der Waals surface area contributed by atoms with Crippen LogP contribution >= 0.6 is 0 Å². The summed E-state index contributed by atoms with van der Waals surface area (Å²) in [5.41, 5.74) is 3.64. The van der Waals surface area contributed by atoms with E-state index in [9.17, 15) is 9.59 Å². The van der Waals surface area contributed by atoms with Crippen molar-refractivity contribution in [2.45, 2.75) is 0 Å². The smallest absolute Gasteiger partial charge is 0.227 e. The van der Waals surface area contributed by atoms with Gasteiger partial charge in [-0.15, -0.1) is 0 Å². The first-order chi connectivity index (χ1) is 9.67. The van der Waals surface area contributed by atoms with Gasteiger partial charge in [-0.1, -0.05) is 0 Å². The molecule has 0 spiro atoms. The molecule has 0 atom stereocenters. The zero-order chi connectivity index (χ0) is 14.3. The number of Topliss-reactive ketones (excluding diaryl/α,β-unsaturated/α-hetero) is 1. The summed E-state index contributed by atoms with van der Waals surface area (Å²) in [6.07, 6.45) is 1.52. The highest BCUT2D eigenvalue weighted by atomic mass is 16.5. The Kier molecular flexibility index (Phi) is 3.23. The molecule has 1 aliphatic carbocycles. The van der Waals surface area contributed by atoms with Crippen molar-refractivity contribution in [3.8, 4) is 0 Å². The minimum atomic E-state index is 0.00546. The van der Waals surface area contributed by atoms with Crippen molar-refractivity contribution in [3.63, 3.8) is 0 Å². The summed E-state index contributed by atoms with van der Waals surface area (Å²) < 4.78 is 0. The molecule has 0 saturated carbocycles. The maximum atomic E-state index is 12.4. The van der Waals surface area contributed by atoms with Gasteiger partial charge in [0.2, 0.25) is 11.6 Å². The van der Waals surface area contributed by atoms with Crippen LogP contribution in [0.1, 0.15) is 0 Å². The number of ketones is 2. The zero-order valence-electron chi connectivity index (χ0n) is 11.4. The van der Waals surface area contributed by atoms with E-state index in [0.717, 1.165) is 39.3 Å². The SMILES string of the molecule is CNO.O=C1C=C(N2CC2)C(=O)C(N2CC2)=C1N1CC1. The lowest BCUT2D eigenvalue weighted by Gasteiger charge is -2.21. The van der Waals surface area contributed by atoms with Crippen molar-refractivity contribution in [1.29, 1.82) is 0 Å². The van der Waals surface area contributed by atoms with E-state index in [4.69, 9.17) is 5.21 Å². The molecule has 0 bridgehead atoms. The topological polar surface area (TPSA) is 75.4 Å². The predicted molar refractivity (Wildman–Crippen MR) is 70.7 cm³/mol. The first-order valence-corrected chi connectivity index (χ1v) is 6.78. The van der Waals surface area contributed by atoms with Crippen LogP contribution in [0.2, 0.25) is 0 Å². The van der Waals surface area contributed by atoms with E-state index in [1.807, 2.05) is 14.7 Å². The molecule has 3 saturated heterocycles. The van der Waals surface area contributed by atoms with Crippen LogP contribution in [0.3, 0.4) is 0 Å². The Balaban J connectivity index is 0.000000373. The Labute approximate surface area is 117 Å². The molecule has 0 aromatic heterocycles. The molecular weight excluding hydrogens is 260 g/mol. The summed E-state index contributed by atoms with van der Waals surface area (Å²) >= 11 is 0. The summed E-state index contributed by atoms with van der Waals surface area (Å²) in [7, 11) is 1.43. The van der Waals surface area contributed by atoms with Crippen molar-refractivity contribution < 1.29 is 14.8 Å². The van der Waals surface area contributed by atoms with E-state index in [1.165, 1.54) is 13.1 Å². The second-order valence-electron chi connectivity index (χ2n) is 5.10. The molecule has 3 aliphatic heterocycles. The molecular formula is C13H18N4O3. The van der Waals surface area contributed by atoms with Crippen LogP contribution in [-0.4, -0.2) is 77.8 Å². The highest BCUT2D eigenvalue weighted by Gasteiger charge is 2.43. The monoisotopic (exact) mass is 278 g/mol.